The summed E-state index contributed by atoms with van der Waals surface area (Å²) in [5.74, 6) is 0.804. The lowest BCUT2D eigenvalue weighted by atomic mass is 9.70. The third-order valence-corrected chi connectivity index (χ3v) is 5.88. The molecule has 296 valence electrons. The Bertz CT molecular complexity index is 911. The average Bonchev–Trinajstić information content (AvgIpc) is 2.60. The van der Waals surface area contributed by atoms with Gasteiger partial charge in [0.05, 0.1) is 12.6 Å². The molecule has 1 aromatic carbocycles. The lowest BCUT2D eigenvalue weighted by molar-refractivity contribution is -0.140. The number of benzene rings is 1. The van der Waals surface area contributed by atoms with Crippen LogP contribution in [0.15, 0.2) is 29.8 Å². The average molecular weight is 692 g/mol. The maximum absolute atomic E-state index is 11.3. The predicted molar refractivity (Wildman–Crippen MR) is 239 cm³/mol. The molecule has 4 nitrogen and oxygen atoms in total. The number of carbonyl (C=O) groups is 1. The number of nitrogen functional groups attached to an aromatic ring is 1. The van der Waals surface area contributed by atoms with Crippen molar-refractivity contribution in [3.8, 4) is 0 Å². The van der Waals surface area contributed by atoms with E-state index in [9.17, 15) is 4.79 Å². The van der Waals surface area contributed by atoms with Crippen molar-refractivity contribution >= 4 is 34.2 Å². The summed E-state index contributed by atoms with van der Waals surface area (Å²) in [5, 5.41) is 1.68. The molecule has 2 aromatic rings. The van der Waals surface area contributed by atoms with Crippen LogP contribution >= 0.6 is 11.6 Å². The number of rotatable bonds is 4. The zero-order valence-electron chi connectivity index (χ0n) is 14.9. The summed E-state index contributed by atoms with van der Waals surface area (Å²) >= 11 is 6.13. The third kappa shape index (κ3) is 23.3. The Morgan fingerprint density at radius 3 is 1.74 bits per heavy atom. The molecule has 0 spiro atoms. The molecule has 2 unspecified atom stereocenters. The number of nitrogens with zero attached hydrogens (tertiary/aromatic N) is 1. The van der Waals surface area contributed by atoms with Crippen molar-refractivity contribution in [2.24, 2.45) is 5.92 Å². The minimum Gasteiger partial charge on any atom is -0.469 e. The van der Waals surface area contributed by atoms with Crippen LogP contribution in [0.5, 0.6) is 0 Å². The van der Waals surface area contributed by atoms with Gasteiger partial charge in [-0.25, -0.2) is 0 Å². The largest absolute Gasteiger partial charge is 0.469 e. The first-order valence-electron chi connectivity index (χ1n) is 9.19. The first-order valence-corrected chi connectivity index (χ1v) is 9.57. The second-order valence-electron chi connectivity index (χ2n) is 7.40. The van der Waals surface area contributed by atoms with E-state index in [0.29, 0.717) is 23.3 Å². The first kappa shape index (κ1) is 112. The highest BCUT2D eigenvalue weighted by Gasteiger charge is 2.33. The Kier molecular flexibility index (Phi) is 115. The number of hydrogen-bond acceptors (Lipinski definition) is 4. The van der Waals surface area contributed by atoms with E-state index in [2.05, 4.69) is 6.08 Å². The summed E-state index contributed by atoms with van der Waals surface area (Å²) in [6.07, 6.45) is 7.75. The Morgan fingerprint density at radius 2 is 1.28 bits per heavy atom. The summed E-state index contributed by atoms with van der Waals surface area (Å²) in [6.45, 7) is 0. The maximum Gasteiger partial charge on any atom is 0.305 e. The van der Waals surface area contributed by atoms with Crippen molar-refractivity contribution in [1.82, 2.24) is 4.98 Å². The van der Waals surface area contributed by atoms with E-state index in [1.165, 1.54) is 18.2 Å². The molecule has 1 aromatic heterocycles. The smallest absolute Gasteiger partial charge is 0.305 e. The van der Waals surface area contributed by atoms with Crippen LogP contribution < -0.4 is 5.73 Å². The molecular formula is C41H103ClN2O2. The lowest BCUT2D eigenvalue weighted by Gasteiger charge is -2.36. The standard InChI is InChI=1S/C21H23ClN2O2.20CH4/c1-26-19(25)4-2-3-12-7-13-9-14(8-12)20-18(10-13)24-17-11-15(22)5-6-16(17)21(20)23;;;;;;;;;;;;;;;;;;;;/h5-7,11,13-14H,2-4,8-10H2,1H3,(H2,23,24);20*1H4. The quantitative estimate of drug-likeness (QED) is 0.256. The fraction of sp³-hybridized carbons (Fsp3) is 0.707. The number of nitrogens with two attached hydrogens (primary N) is 1. The van der Waals surface area contributed by atoms with Crippen LogP contribution in [0.1, 0.15) is 198 Å². The number of halogens is 1. The summed E-state index contributed by atoms with van der Waals surface area (Å²) in [6, 6.07) is 5.74. The zero-order valence-corrected chi connectivity index (χ0v) is 15.7. The predicted octanol–water partition coefficient (Wildman–Crippen LogP) is 17.5. The van der Waals surface area contributed by atoms with Crippen LogP contribution in [0.4, 0.5) is 5.69 Å². The molecule has 2 bridgehead atoms. The molecule has 2 N–H and O–H groups in total. The molecular weight excluding hydrogens is 588 g/mol. The number of carbonyl (C=O) groups excluding carboxylic acids is 1. The van der Waals surface area contributed by atoms with Gasteiger partial charge in [-0.15, -0.1) is 0 Å². The minimum absolute atomic E-state index is 0. The van der Waals surface area contributed by atoms with Crippen molar-refractivity contribution in [1.29, 1.82) is 0 Å². The van der Waals surface area contributed by atoms with E-state index in [1.807, 2.05) is 18.2 Å². The number of ether oxygens (including phenoxy) is 1. The Hall–Kier alpha value is -2.07. The third-order valence-electron chi connectivity index (χ3n) is 5.64. The maximum atomic E-state index is 11.3. The van der Waals surface area contributed by atoms with E-state index in [0.717, 1.165) is 54.4 Å². The summed E-state index contributed by atoms with van der Waals surface area (Å²) in [5.41, 5.74) is 12.1. The highest BCUT2D eigenvalue weighted by atomic mass is 35.5. The number of methoxy groups -OCH3 is 1. The molecule has 2 aliphatic rings. The van der Waals surface area contributed by atoms with Crippen molar-refractivity contribution < 1.29 is 9.53 Å². The molecule has 0 aliphatic heterocycles. The van der Waals surface area contributed by atoms with Gasteiger partial charge in [0, 0.05) is 33.8 Å². The topological polar surface area (TPSA) is 65.2 Å². The number of hydrogen-bond donors (Lipinski definition) is 1. The summed E-state index contributed by atoms with van der Waals surface area (Å²) < 4.78 is 4.73. The van der Waals surface area contributed by atoms with Crippen molar-refractivity contribution in [3.63, 3.8) is 0 Å². The summed E-state index contributed by atoms with van der Waals surface area (Å²) in [4.78, 5) is 16.2. The van der Waals surface area contributed by atoms with Crippen molar-refractivity contribution in [2.45, 2.75) is 193 Å². The number of fused-ring (bicyclic) bond motifs is 5. The van der Waals surface area contributed by atoms with Crippen LogP contribution in [-0.4, -0.2) is 18.1 Å². The molecule has 2 aliphatic carbocycles. The molecule has 4 rings (SSSR count). The van der Waals surface area contributed by atoms with E-state index in [-0.39, 0.29) is 155 Å². The Morgan fingerprint density at radius 1 is 0.804 bits per heavy atom. The van der Waals surface area contributed by atoms with E-state index in [1.54, 1.807) is 0 Å². The van der Waals surface area contributed by atoms with E-state index >= 15 is 0 Å². The minimum atomic E-state index is -0.134. The van der Waals surface area contributed by atoms with Crippen molar-refractivity contribution in [2.75, 3.05) is 12.8 Å². The second kappa shape index (κ2) is 47.3. The number of anilines is 1. The molecule has 0 saturated heterocycles. The van der Waals surface area contributed by atoms with Crippen LogP contribution in [-0.2, 0) is 16.0 Å². The van der Waals surface area contributed by atoms with Gasteiger partial charge in [-0.3, -0.25) is 9.78 Å². The van der Waals surface area contributed by atoms with Gasteiger partial charge in [0.2, 0.25) is 0 Å². The Balaban J connectivity index is -0.0000000280. The van der Waals surface area contributed by atoms with Crippen LogP contribution in [0.3, 0.4) is 0 Å². The fourth-order valence-electron chi connectivity index (χ4n) is 4.53. The van der Waals surface area contributed by atoms with Gasteiger partial charge < -0.3 is 10.5 Å². The number of aromatic nitrogens is 1. The van der Waals surface area contributed by atoms with Gasteiger partial charge >= 0.3 is 5.97 Å². The first-order chi connectivity index (χ1) is 12.5. The van der Waals surface area contributed by atoms with Gasteiger partial charge in [0.25, 0.3) is 0 Å². The number of esters is 1. The van der Waals surface area contributed by atoms with Gasteiger partial charge in [-0.1, -0.05) is 172 Å². The highest BCUT2D eigenvalue weighted by molar-refractivity contribution is 6.31. The molecule has 0 saturated carbocycles. The van der Waals surface area contributed by atoms with Crippen molar-refractivity contribution in [3.05, 3.63) is 46.1 Å². The second-order valence-corrected chi connectivity index (χ2v) is 7.84. The highest BCUT2D eigenvalue weighted by Crippen LogP contribution is 2.47. The number of allylic oxidation sites excluding steroid dienone is 2. The monoisotopic (exact) mass is 691 g/mol. The van der Waals surface area contributed by atoms with Crippen LogP contribution in [0.25, 0.3) is 10.9 Å². The Labute approximate surface area is 305 Å². The van der Waals surface area contributed by atoms with Gasteiger partial charge in [0.15, 0.2) is 0 Å². The summed E-state index contributed by atoms with van der Waals surface area (Å²) in [7, 11) is 1.44. The molecule has 46 heavy (non-hydrogen) atoms. The van der Waals surface area contributed by atoms with Crippen LogP contribution in [0, 0.1) is 5.92 Å². The molecule has 0 amide bonds. The fourth-order valence-corrected chi connectivity index (χ4v) is 4.70. The molecule has 5 heteroatoms. The molecule has 1 heterocycles. The SMILES string of the molecule is C.C.C.C.C.C.C.C.C.C.C.C.C.C.C.C.C.C.C.C.COC(=O)CCCC1=CC2Cc3nc4cc(Cl)ccc4c(N)c3C(C1)C2. The van der Waals surface area contributed by atoms with E-state index in [4.69, 9.17) is 27.1 Å². The zero-order chi connectivity index (χ0) is 18.3. The van der Waals surface area contributed by atoms with Gasteiger partial charge in [0.1, 0.15) is 0 Å². The normalized spacial score (nSPS) is 12.0. The molecule has 0 fully saturated rings. The van der Waals surface area contributed by atoms with Crippen LogP contribution in [0.2, 0.25) is 5.02 Å². The number of pyridine rings is 1. The van der Waals surface area contributed by atoms with E-state index < -0.39 is 0 Å². The van der Waals surface area contributed by atoms with Gasteiger partial charge in [-0.05, 0) is 62.1 Å². The molecule has 0 radical (unpaired) electrons. The van der Waals surface area contributed by atoms with Gasteiger partial charge in [-0.2, -0.15) is 0 Å². The lowest BCUT2D eigenvalue weighted by Crippen LogP contribution is -2.24. The molecule has 2 atom stereocenters.